The molecule has 1 unspecified atom stereocenters. The first-order valence-corrected chi connectivity index (χ1v) is 7.86. The van der Waals surface area contributed by atoms with E-state index in [1.54, 1.807) is 0 Å². The Kier molecular flexibility index (Phi) is 4.70. The minimum atomic E-state index is 0.686. The molecule has 0 aromatic carbocycles. The highest BCUT2D eigenvalue weighted by Crippen LogP contribution is 2.20. The molecule has 1 atom stereocenters. The van der Waals surface area contributed by atoms with Gasteiger partial charge < -0.3 is 9.72 Å². The Labute approximate surface area is 121 Å². The summed E-state index contributed by atoms with van der Waals surface area (Å²) in [5, 5.41) is 0. The zero-order valence-corrected chi connectivity index (χ0v) is 12.5. The summed E-state index contributed by atoms with van der Waals surface area (Å²) < 4.78 is 5.45. The van der Waals surface area contributed by atoms with Gasteiger partial charge in [0.25, 0.3) is 0 Å². The second-order valence-electron chi connectivity index (χ2n) is 6.03. The van der Waals surface area contributed by atoms with E-state index in [2.05, 4.69) is 19.8 Å². The molecule has 1 aromatic heterocycles. The van der Waals surface area contributed by atoms with Gasteiger partial charge in [0.15, 0.2) is 0 Å². The van der Waals surface area contributed by atoms with E-state index in [0.717, 1.165) is 38.7 Å². The molecule has 2 fully saturated rings. The highest BCUT2D eigenvalue weighted by atomic mass is 16.5. The number of H-pyrrole nitrogens is 1. The minimum absolute atomic E-state index is 0.686. The van der Waals surface area contributed by atoms with Gasteiger partial charge in [-0.1, -0.05) is 6.42 Å². The van der Waals surface area contributed by atoms with E-state index in [0.29, 0.717) is 6.04 Å². The van der Waals surface area contributed by atoms with E-state index in [9.17, 15) is 0 Å². The van der Waals surface area contributed by atoms with Gasteiger partial charge in [0, 0.05) is 44.1 Å². The summed E-state index contributed by atoms with van der Waals surface area (Å²) in [4.78, 5) is 12.9. The monoisotopic (exact) mass is 278 g/mol. The summed E-state index contributed by atoms with van der Waals surface area (Å²) in [6.45, 7) is 9.41. The molecule has 0 radical (unpaired) electrons. The molecule has 112 valence electrons. The van der Waals surface area contributed by atoms with Crippen LogP contribution < -0.4 is 0 Å². The third-order valence-electron chi connectivity index (χ3n) is 4.45. The van der Waals surface area contributed by atoms with Gasteiger partial charge in [0.05, 0.1) is 13.2 Å². The first-order valence-electron chi connectivity index (χ1n) is 7.86. The normalized spacial score (nSPS) is 25.9. The molecule has 1 N–H and O–H groups in total. The van der Waals surface area contributed by atoms with E-state index in [1.165, 1.54) is 38.0 Å². The van der Waals surface area contributed by atoms with Crippen molar-refractivity contribution in [1.29, 1.82) is 0 Å². The van der Waals surface area contributed by atoms with Crippen LogP contribution >= 0.6 is 0 Å². The molecule has 2 saturated heterocycles. The standard InChI is InChI=1S/C15H26N4O/c1-13-16-10-14(17-13)11-19-5-3-2-4-15(19)12-18-6-8-20-9-7-18/h10,15H,2-9,11-12H2,1H3,(H,16,17). The van der Waals surface area contributed by atoms with Crippen molar-refractivity contribution in [2.45, 2.75) is 38.8 Å². The highest BCUT2D eigenvalue weighted by Gasteiger charge is 2.25. The number of nitrogens with zero attached hydrogens (tertiary/aromatic N) is 3. The fourth-order valence-corrected chi connectivity index (χ4v) is 3.33. The lowest BCUT2D eigenvalue weighted by atomic mass is 10.0. The lowest BCUT2D eigenvalue weighted by molar-refractivity contribution is 0.0151. The van der Waals surface area contributed by atoms with Crippen molar-refractivity contribution in [2.24, 2.45) is 0 Å². The number of hydrogen-bond donors (Lipinski definition) is 1. The number of imidazole rings is 1. The summed E-state index contributed by atoms with van der Waals surface area (Å²) in [7, 11) is 0. The van der Waals surface area contributed by atoms with Gasteiger partial charge in [-0.25, -0.2) is 4.98 Å². The van der Waals surface area contributed by atoms with Gasteiger partial charge >= 0.3 is 0 Å². The Bertz CT molecular complexity index is 414. The van der Waals surface area contributed by atoms with Crippen LogP contribution in [0.5, 0.6) is 0 Å². The van der Waals surface area contributed by atoms with Crippen molar-refractivity contribution in [1.82, 2.24) is 19.8 Å². The van der Waals surface area contributed by atoms with Crippen molar-refractivity contribution < 1.29 is 4.74 Å². The molecule has 20 heavy (non-hydrogen) atoms. The molecule has 3 heterocycles. The van der Waals surface area contributed by atoms with Crippen molar-refractivity contribution in [3.63, 3.8) is 0 Å². The lowest BCUT2D eigenvalue weighted by Crippen LogP contribution is -2.49. The van der Waals surface area contributed by atoms with Crippen LogP contribution in [0.3, 0.4) is 0 Å². The summed E-state index contributed by atoms with van der Waals surface area (Å²) in [6, 6.07) is 0.686. The second-order valence-corrected chi connectivity index (χ2v) is 6.03. The number of rotatable bonds is 4. The number of aromatic amines is 1. The topological polar surface area (TPSA) is 44.4 Å². The number of piperidine rings is 1. The molecule has 2 aliphatic heterocycles. The molecular formula is C15H26N4O. The van der Waals surface area contributed by atoms with E-state index in [-0.39, 0.29) is 0 Å². The Balaban J connectivity index is 1.58. The molecular weight excluding hydrogens is 252 g/mol. The molecule has 0 aliphatic carbocycles. The molecule has 5 nitrogen and oxygen atoms in total. The maximum atomic E-state index is 5.45. The zero-order chi connectivity index (χ0) is 13.8. The maximum Gasteiger partial charge on any atom is 0.103 e. The van der Waals surface area contributed by atoms with Crippen molar-refractivity contribution >= 4 is 0 Å². The number of aromatic nitrogens is 2. The number of nitrogens with one attached hydrogen (secondary N) is 1. The molecule has 0 bridgehead atoms. The van der Waals surface area contributed by atoms with Crippen molar-refractivity contribution in [3.8, 4) is 0 Å². The van der Waals surface area contributed by atoms with E-state index in [4.69, 9.17) is 4.74 Å². The van der Waals surface area contributed by atoms with Gasteiger partial charge in [-0.15, -0.1) is 0 Å². The summed E-state index contributed by atoms with van der Waals surface area (Å²) in [5.41, 5.74) is 1.25. The number of likely N-dealkylation sites (tertiary alicyclic amines) is 1. The number of ether oxygens (including phenoxy) is 1. The minimum Gasteiger partial charge on any atom is -0.379 e. The zero-order valence-electron chi connectivity index (χ0n) is 12.5. The Morgan fingerprint density at radius 2 is 2.15 bits per heavy atom. The molecule has 2 aliphatic rings. The van der Waals surface area contributed by atoms with Gasteiger partial charge in [-0.3, -0.25) is 9.80 Å². The summed E-state index contributed by atoms with van der Waals surface area (Å²) in [6.07, 6.45) is 6.00. The quantitative estimate of drug-likeness (QED) is 0.904. The molecule has 5 heteroatoms. The first kappa shape index (κ1) is 14.0. The van der Waals surface area contributed by atoms with E-state index in [1.807, 2.05) is 13.1 Å². The summed E-state index contributed by atoms with van der Waals surface area (Å²) in [5.74, 6) is 1.02. The van der Waals surface area contributed by atoms with Crippen LogP contribution in [0.2, 0.25) is 0 Å². The number of aryl methyl sites for hydroxylation is 1. The van der Waals surface area contributed by atoms with Crippen LogP contribution in [0.25, 0.3) is 0 Å². The second kappa shape index (κ2) is 6.70. The average molecular weight is 278 g/mol. The van der Waals surface area contributed by atoms with Gasteiger partial charge in [-0.05, 0) is 26.3 Å². The largest absolute Gasteiger partial charge is 0.379 e. The predicted molar refractivity (Wildman–Crippen MR) is 78.6 cm³/mol. The van der Waals surface area contributed by atoms with Crippen molar-refractivity contribution in [3.05, 3.63) is 17.7 Å². The van der Waals surface area contributed by atoms with Crippen LogP contribution in [0, 0.1) is 6.92 Å². The van der Waals surface area contributed by atoms with Crippen LogP contribution in [0.4, 0.5) is 0 Å². The van der Waals surface area contributed by atoms with E-state index >= 15 is 0 Å². The van der Waals surface area contributed by atoms with Crippen LogP contribution in [0.1, 0.15) is 30.8 Å². The lowest BCUT2D eigenvalue weighted by Gasteiger charge is -2.39. The SMILES string of the molecule is Cc1ncc(CN2CCCCC2CN2CCOCC2)[nH]1. The maximum absolute atomic E-state index is 5.45. The van der Waals surface area contributed by atoms with Gasteiger partial charge in [0.1, 0.15) is 5.82 Å². The molecule has 0 spiro atoms. The third kappa shape index (κ3) is 3.59. The molecule has 0 amide bonds. The van der Waals surface area contributed by atoms with E-state index < -0.39 is 0 Å². The smallest absolute Gasteiger partial charge is 0.103 e. The predicted octanol–water partition coefficient (Wildman–Crippen LogP) is 1.40. The Hall–Kier alpha value is -0.910. The third-order valence-corrected chi connectivity index (χ3v) is 4.45. The highest BCUT2D eigenvalue weighted by molar-refractivity contribution is 5.00. The van der Waals surface area contributed by atoms with Crippen LogP contribution in [-0.2, 0) is 11.3 Å². The fourth-order valence-electron chi connectivity index (χ4n) is 3.33. The summed E-state index contributed by atoms with van der Waals surface area (Å²) >= 11 is 0. The van der Waals surface area contributed by atoms with Gasteiger partial charge in [-0.2, -0.15) is 0 Å². The molecule has 0 saturated carbocycles. The van der Waals surface area contributed by atoms with Crippen molar-refractivity contribution in [2.75, 3.05) is 39.4 Å². The number of morpholine rings is 1. The number of hydrogen-bond acceptors (Lipinski definition) is 4. The first-order chi connectivity index (χ1) is 9.81. The molecule has 3 rings (SSSR count). The van der Waals surface area contributed by atoms with Crippen LogP contribution in [0.15, 0.2) is 6.20 Å². The average Bonchev–Trinajstić information content (AvgIpc) is 2.88. The Morgan fingerprint density at radius 1 is 1.30 bits per heavy atom. The van der Waals surface area contributed by atoms with Crippen LogP contribution in [-0.4, -0.2) is 65.2 Å². The fraction of sp³-hybridized carbons (Fsp3) is 0.800. The Morgan fingerprint density at radius 3 is 2.90 bits per heavy atom. The van der Waals surface area contributed by atoms with Gasteiger partial charge in [0.2, 0.25) is 0 Å². The molecule has 1 aromatic rings.